The predicted molar refractivity (Wildman–Crippen MR) is 81.4 cm³/mol. The van der Waals surface area contributed by atoms with Gasteiger partial charge in [0.05, 0.1) is 6.54 Å². The number of furan rings is 1. The number of thiazole rings is 1. The van der Waals surface area contributed by atoms with Crippen LogP contribution < -0.4 is 10.6 Å². The maximum absolute atomic E-state index is 12.4. The minimum atomic E-state index is -0.0595. The summed E-state index contributed by atoms with van der Waals surface area (Å²) < 4.78 is 5.45. The highest BCUT2D eigenvalue weighted by Gasteiger charge is 2.23. The van der Waals surface area contributed by atoms with Gasteiger partial charge in [-0.2, -0.15) is 0 Å². The molecule has 0 radical (unpaired) electrons. The SMILES string of the molecule is NCc1ccc(C(=O)N2CCCN(c3nccs3)CC2)o1. The van der Waals surface area contributed by atoms with Crippen molar-refractivity contribution < 1.29 is 9.21 Å². The van der Waals surface area contributed by atoms with Crippen molar-refractivity contribution in [1.29, 1.82) is 0 Å². The van der Waals surface area contributed by atoms with E-state index in [9.17, 15) is 4.79 Å². The van der Waals surface area contributed by atoms with Crippen LogP contribution in [0.15, 0.2) is 28.1 Å². The predicted octanol–water partition coefficient (Wildman–Crippen LogP) is 1.55. The van der Waals surface area contributed by atoms with Crippen molar-refractivity contribution >= 4 is 22.4 Å². The van der Waals surface area contributed by atoms with Gasteiger partial charge in [0.1, 0.15) is 5.76 Å². The summed E-state index contributed by atoms with van der Waals surface area (Å²) in [5.41, 5.74) is 5.51. The van der Waals surface area contributed by atoms with E-state index in [0.717, 1.165) is 31.2 Å². The normalized spacial score (nSPS) is 16.0. The number of nitrogens with zero attached hydrogens (tertiary/aromatic N) is 3. The van der Waals surface area contributed by atoms with Crippen molar-refractivity contribution in [2.75, 3.05) is 31.1 Å². The first-order valence-electron chi connectivity index (χ1n) is 7.00. The molecule has 3 heterocycles. The summed E-state index contributed by atoms with van der Waals surface area (Å²) in [5, 5.41) is 2.99. The summed E-state index contributed by atoms with van der Waals surface area (Å²) in [7, 11) is 0. The van der Waals surface area contributed by atoms with Crippen LogP contribution in [0.2, 0.25) is 0 Å². The van der Waals surface area contributed by atoms with Crippen LogP contribution in [-0.4, -0.2) is 42.0 Å². The van der Waals surface area contributed by atoms with Crippen LogP contribution in [0.4, 0.5) is 5.13 Å². The fourth-order valence-electron chi connectivity index (χ4n) is 2.44. The molecule has 1 aliphatic heterocycles. The lowest BCUT2D eigenvalue weighted by Gasteiger charge is -2.20. The van der Waals surface area contributed by atoms with Crippen molar-refractivity contribution in [3.8, 4) is 0 Å². The minimum Gasteiger partial charge on any atom is -0.455 e. The van der Waals surface area contributed by atoms with E-state index in [1.165, 1.54) is 0 Å². The third-order valence-electron chi connectivity index (χ3n) is 3.55. The molecule has 0 bridgehead atoms. The van der Waals surface area contributed by atoms with Gasteiger partial charge in [0.15, 0.2) is 10.9 Å². The molecule has 7 heteroatoms. The molecule has 0 unspecified atom stereocenters. The summed E-state index contributed by atoms with van der Waals surface area (Å²) in [6, 6.07) is 3.46. The van der Waals surface area contributed by atoms with Crippen molar-refractivity contribution in [3.05, 3.63) is 35.2 Å². The molecule has 2 aromatic heterocycles. The Morgan fingerprint density at radius 2 is 2.24 bits per heavy atom. The van der Waals surface area contributed by atoms with E-state index in [0.29, 0.717) is 24.6 Å². The Bertz CT molecular complexity index is 596. The van der Waals surface area contributed by atoms with Crippen LogP contribution >= 0.6 is 11.3 Å². The Kier molecular flexibility index (Phi) is 4.21. The number of nitrogens with two attached hydrogens (primary N) is 1. The Labute approximate surface area is 127 Å². The topological polar surface area (TPSA) is 75.6 Å². The quantitative estimate of drug-likeness (QED) is 0.931. The summed E-state index contributed by atoms with van der Waals surface area (Å²) in [5.74, 6) is 0.950. The van der Waals surface area contributed by atoms with Gasteiger partial charge in [0.2, 0.25) is 0 Å². The van der Waals surface area contributed by atoms with E-state index in [-0.39, 0.29) is 5.91 Å². The van der Waals surface area contributed by atoms with Gasteiger partial charge in [0, 0.05) is 37.8 Å². The first-order chi connectivity index (χ1) is 10.3. The van der Waals surface area contributed by atoms with Gasteiger partial charge < -0.3 is 20.0 Å². The molecule has 1 saturated heterocycles. The number of carbonyl (C=O) groups excluding carboxylic acids is 1. The molecule has 6 nitrogen and oxygen atoms in total. The number of hydrogen-bond donors (Lipinski definition) is 1. The Morgan fingerprint density at radius 3 is 2.95 bits per heavy atom. The van der Waals surface area contributed by atoms with Gasteiger partial charge in [-0.25, -0.2) is 4.98 Å². The maximum Gasteiger partial charge on any atom is 0.289 e. The standard InChI is InChI=1S/C14H18N4O2S/c15-10-11-2-3-12(20-11)13(19)17-5-1-6-18(8-7-17)14-16-4-9-21-14/h2-4,9H,1,5-8,10,15H2. The average molecular weight is 306 g/mol. The van der Waals surface area contributed by atoms with Gasteiger partial charge in [-0.3, -0.25) is 4.79 Å². The van der Waals surface area contributed by atoms with E-state index in [1.54, 1.807) is 23.5 Å². The summed E-state index contributed by atoms with van der Waals surface area (Å²) in [4.78, 5) is 20.8. The molecule has 3 rings (SSSR count). The lowest BCUT2D eigenvalue weighted by molar-refractivity contribution is 0.0733. The van der Waals surface area contributed by atoms with Gasteiger partial charge >= 0.3 is 0 Å². The summed E-state index contributed by atoms with van der Waals surface area (Å²) >= 11 is 1.63. The Morgan fingerprint density at radius 1 is 1.33 bits per heavy atom. The largest absolute Gasteiger partial charge is 0.455 e. The van der Waals surface area contributed by atoms with Crippen molar-refractivity contribution in [2.45, 2.75) is 13.0 Å². The first kappa shape index (κ1) is 14.1. The van der Waals surface area contributed by atoms with Crippen LogP contribution in [0.5, 0.6) is 0 Å². The van der Waals surface area contributed by atoms with Crippen LogP contribution in [0.25, 0.3) is 0 Å². The van der Waals surface area contributed by atoms with Gasteiger partial charge in [-0.15, -0.1) is 11.3 Å². The second kappa shape index (κ2) is 6.28. The van der Waals surface area contributed by atoms with Gasteiger partial charge in [-0.05, 0) is 18.6 Å². The van der Waals surface area contributed by atoms with Crippen molar-refractivity contribution in [3.63, 3.8) is 0 Å². The zero-order valence-electron chi connectivity index (χ0n) is 11.7. The molecule has 0 aromatic carbocycles. The van der Waals surface area contributed by atoms with E-state index in [1.807, 2.05) is 16.5 Å². The zero-order valence-corrected chi connectivity index (χ0v) is 12.5. The monoisotopic (exact) mass is 306 g/mol. The number of aromatic nitrogens is 1. The van der Waals surface area contributed by atoms with E-state index in [2.05, 4.69) is 9.88 Å². The van der Waals surface area contributed by atoms with E-state index < -0.39 is 0 Å². The van der Waals surface area contributed by atoms with Crippen molar-refractivity contribution in [1.82, 2.24) is 9.88 Å². The number of hydrogen-bond acceptors (Lipinski definition) is 6. The molecular formula is C14H18N4O2S. The van der Waals surface area contributed by atoms with Gasteiger partial charge in [0.25, 0.3) is 5.91 Å². The second-order valence-electron chi connectivity index (χ2n) is 4.92. The third kappa shape index (κ3) is 3.08. The molecule has 1 fully saturated rings. The molecule has 0 spiro atoms. The van der Waals surface area contributed by atoms with Crippen LogP contribution in [0.1, 0.15) is 22.7 Å². The number of amides is 1. The lowest BCUT2D eigenvalue weighted by atomic mass is 10.3. The number of anilines is 1. The highest BCUT2D eigenvalue weighted by atomic mass is 32.1. The molecule has 21 heavy (non-hydrogen) atoms. The maximum atomic E-state index is 12.4. The number of carbonyl (C=O) groups is 1. The molecule has 112 valence electrons. The molecule has 0 atom stereocenters. The van der Waals surface area contributed by atoms with E-state index >= 15 is 0 Å². The summed E-state index contributed by atoms with van der Waals surface area (Å²) in [6.45, 7) is 3.44. The zero-order chi connectivity index (χ0) is 14.7. The van der Waals surface area contributed by atoms with Crippen molar-refractivity contribution in [2.24, 2.45) is 5.73 Å². The van der Waals surface area contributed by atoms with Crippen LogP contribution in [0.3, 0.4) is 0 Å². The molecular weight excluding hydrogens is 288 g/mol. The highest BCUT2D eigenvalue weighted by molar-refractivity contribution is 7.13. The fourth-order valence-corrected chi connectivity index (χ4v) is 3.14. The van der Waals surface area contributed by atoms with E-state index in [4.69, 9.17) is 10.2 Å². The lowest BCUT2D eigenvalue weighted by Crippen LogP contribution is -2.35. The smallest absolute Gasteiger partial charge is 0.289 e. The Balaban J connectivity index is 1.65. The second-order valence-corrected chi connectivity index (χ2v) is 5.79. The molecule has 2 aromatic rings. The third-order valence-corrected chi connectivity index (χ3v) is 4.38. The van der Waals surface area contributed by atoms with Crippen LogP contribution in [-0.2, 0) is 6.54 Å². The minimum absolute atomic E-state index is 0.0595. The molecule has 0 aliphatic carbocycles. The summed E-state index contributed by atoms with van der Waals surface area (Å²) in [6.07, 6.45) is 2.74. The fraction of sp³-hybridized carbons (Fsp3) is 0.429. The number of rotatable bonds is 3. The molecule has 1 aliphatic rings. The van der Waals surface area contributed by atoms with Gasteiger partial charge in [-0.1, -0.05) is 0 Å². The molecule has 1 amide bonds. The molecule has 2 N–H and O–H groups in total. The van der Waals surface area contributed by atoms with Crippen LogP contribution in [0, 0.1) is 0 Å². The highest BCUT2D eigenvalue weighted by Crippen LogP contribution is 2.20. The average Bonchev–Trinajstić information content (AvgIpc) is 3.14. The molecule has 0 saturated carbocycles. The Hall–Kier alpha value is -1.86. The first-order valence-corrected chi connectivity index (χ1v) is 7.88.